The molecule has 0 aromatic heterocycles. The Balaban J connectivity index is 1.28. The molecule has 6 atom stereocenters. The molecule has 52 heavy (non-hydrogen) atoms. The Morgan fingerprint density at radius 3 is 2.67 bits per heavy atom. The van der Waals surface area contributed by atoms with E-state index in [1.165, 1.54) is 11.1 Å². The molecule has 7 rings (SSSR count). The van der Waals surface area contributed by atoms with Crippen molar-refractivity contribution in [1.82, 2.24) is 14.5 Å². The number of anilines is 1. The number of likely N-dealkylation sites (N-methyl/N-ethyl adjacent to an activating group) is 1. The molecule has 282 valence electrons. The second-order valence-corrected chi connectivity index (χ2v) is 18.5. The highest BCUT2D eigenvalue weighted by Crippen LogP contribution is 2.50. The van der Waals surface area contributed by atoms with Crippen LogP contribution >= 0.6 is 11.6 Å². The Kier molecular flexibility index (Phi) is 10.5. The number of allylic oxidation sites excluding steroid dienone is 1. The zero-order valence-electron chi connectivity index (χ0n) is 30.9. The number of hydrogen-bond donors (Lipinski definition) is 1. The molecule has 1 saturated carbocycles. The molecule has 2 aliphatic carbocycles. The second kappa shape index (κ2) is 14.6. The number of sulfonamides is 1. The van der Waals surface area contributed by atoms with Crippen molar-refractivity contribution >= 4 is 39.1 Å². The van der Waals surface area contributed by atoms with E-state index in [-0.39, 0.29) is 34.6 Å². The van der Waals surface area contributed by atoms with E-state index in [9.17, 15) is 18.0 Å². The van der Waals surface area contributed by atoms with Gasteiger partial charge in [-0.1, -0.05) is 36.7 Å². The number of benzene rings is 2. The summed E-state index contributed by atoms with van der Waals surface area (Å²) in [6.07, 6.45) is 10.5. The number of methoxy groups -OCH3 is 1. The number of aryl methyl sites for hydroxylation is 1. The molecule has 2 aromatic carbocycles. The number of rotatable bonds is 4. The third-order valence-corrected chi connectivity index (χ3v) is 15.1. The smallest absolute Gasteiger partial charge is 0.264 e. The average Bonchev–Trinajstić information content (AvgIpc) is 3.26. The molecule has 0 radical (unpaired) electrons. The Morgan fingerprint density at radius 1 is 1.10 bits per heavy atom. The first-order valence-electron chi connectivity index (χ1n) is 18.9. The maximum Gasteiger partial charge on any atom is 0.264 e. The molecule has 2 aromatic rings. The summed E-state index contributed by atoms with van der Waals surface area (Å²) in [6.45, 7) is 8.12. The van der Waals surface area contributed by atoms with Crippen LogP contribution < -0.4 is 14.4 Å². The van der Waals surface area contributed by atoms with Crippen LogP contribution in [0.5, 0.6) is 5.75 Å². The van der Waals surface area contributed by atoms with Crippen LogP contribution in [-0.2, 0) is 31.4 Å². The number of halogens is 1. The highest BCUT2D eigenvalue weighted by molar-refractivity contribution is 7.90. The first kappa shape index (κ1) is 37.2. The highest BCUT2D eigenvalue weighted by atomic mass is 35.5. The molecule has 10 nitrogen and oxygen atoms in total. The Labute approximate surface area is 313 Å². The normalized spacial score (nSPS) is 32.9. The van der Waals surface area contributed by atoms with Gasteiger partial charge in [0.2, 0.25) is 15.9 Å². The van der Waals surface area contributed by atoms with Gasteiger partial charge < -0.3 is 19.3 Å². The molecule has 1 spiro atoms. The largest absolute Gasteiger partial charge is 0.490 e. The number of amides is 2. The van der Waals surface area contributed by atoms with Crippen molar-refractivity contribution in [2.24, 2.45) is 17.8 Å². The number of carbonyl (C=O) groups is 2. The average molecular weight is 753 g/mol. The highest BCUT2D eigenvalue weighted by Gasteiger charge is 2.49. The Hall–Kier alpha value is -3.12. The molecular formula is C40H53ClN4O6S. The Morgan fingerprint density at radius 2 is 1.92 bits per heavy atom. The number of fused-ring (bicyclic) bond motifs is 4. The van der Waals surface area contributed by atoms with Gasteiger partial charge in [0.15, 0.2) is 0 Å². The topological polar surface area (TPSA) is 108 Å². The molecule has 2 fully saturated rings. The van der Waals surface area contributed by atoms with Crippen LogP contribution in [0.3, 0.4) is 0 Å². The van der Waals surface area contributed by atoms with Crippen LogP contribution in [0.15, 0.2) is 48.6 Å². The number of nitrogens with one attached hydrogen (secondary N) is 1. The van der Waals surface area contributed by atoms with E-state index < -0.39 is 26.8 Å². The van der Waals surface area contributed by atoms with E-state index in [1.807, 2.05) is 32.2 Å². The van der Waals surface area contributed by atoms with E-state index in [1.54, 1.807) is 25.0 Å². The number of nitrogens with zero attached hydrogens (tertiary/aromatic N) is 3. The maximum absolute atomic E-state index is 13.6. The van der Waals surface area contributed by atoms with Gasteiger partial charge >= 0.3 is 0 Å². The fraction of sp³-hybridized carbons (Fsp3) is 0.600. The zero-order valence-corrected chi connectivity index (χ0v) is 32.5. The van der Waals surface area contributed by atoms with E-state index in [2.05, 4.69) is 38.8 Å². The summed E-state index contributed by atoms with van der Waals surface area (Å²) in [7, 11) is -0.331. The molecule has 2 amide bonds. The summed E-state index contributed by atoms with van der Waals surface area (Å²) in [4.78, 5) is 32.6. The standard InChI is InChI=1S/C40H53ClN4O6S/c1-27-7-5-16-40(50-4,17-18-44-20-19-43(3)37(46)24-44)34-12-9-31(34)23-45-25-39(15-6-8-29-21-32(41)11-13-33(29)39)26-51-36-14-10-30(22-35(36)45)38(47)42-52(48,49)28(27)2/h5,10-11,13-14,16,21-22,27-28,31,34H,6-9,12,15,17-20,23-26H2,1-4H3,(H,42,47)/b16-5+/t27-,28+,31-,34+,39-,40-/m0/s1. The van der Waals surface area contributed by atoms with Gasteiger partial charge in [-0.25, -0.2) is 13.1 Å². The molecule has 12 heteroatoms. The van der Waals surface area contributed by atoms with E-state index in [4.69, 9.17) is 21.1 Å². The molecule has 5 aliphatic rings. The van der Waals surface area contributed by atoms with Crippen LogP contribution in [0, 0.1) is 17.8 Å². The molecule has 0 unspecified atom stereocenters. The summed E-state index contributed by atoms with van der Waals surface area (Å²) in [5.74, 6) is 0.422. The van der Waals surface area contributed by atoms with Crippen LogP contribution in [0.25, 0.3) is 0 Å². The third-order valence-electron chi connectivity index (χ3n) is 13.0. The summed E-state index contributed by atoms with van der Waals surface area (Å²) in [5.41, 5.74) is 2.71. The van der Waals surface area contributed by atoms with Crippen molar-refractivity contribution in [1.29, 1.82) is 0 Å². The predicted molar refractivity (Wildman–Crippen MR) is 204 cm³/mol. The van der Waals surface area contributed by atoms with E-state index >= 15 is 0 Å². The van der Waals surface area contributed by atoms with Crippen molar-refractivity contribution < 1.29 is 27.5 Å². The van der Waals surface area contributed by atoms with Gasteiger partial charge in [-0.3, -0.25) is 14.5 Å². The van der Waals surface area contributed by atoms with Gasteiger partial charge in [0.25, 0.3) is 5.91 Å². The predicted octanol–water partition coefficient (Wildman–Crippen LogP) is 5.43. The maximum atomic E-state index is 13.6. The minimum absolute atomic E-state index is 0.130. The minimum Gasteiger partial charge on any atom is -0.490 e. The minimum atomic E-state index is -3.98. The number of hydrogen-bond acceptors (Lipinski definition) is 8. The van der Waals surface area contributed by atoms with E-state index in [0.717, 1.165) is 68.9 Å². The number of ether oxygens (including phenoxy) is 2. The van der Waals surface area contributed by atoms with Gasteiger partial charge in [0.1, 0.15) is 5.75 Å². The summed E-state index contributed by atoms with van der Waals surface area (Å²) in [6, 6.07) is 11.5. The summed E-state index contributed by atoms with van der Waals surface area (Å²) in [5, 5.41) is -0.0747. The number of carbonyl (C=O) groups excluding carboxylic acids is 2. The molecule has 3 aliphatic heterocycles. The molecule has 1 saturated heterocycles. The van der Waals surface area contributed by atoms with Gasteiger partial charge in [-0.05, 0) is 111 Å². The summed E-state index contributed by atoms with van der Waals surface area (Å²) < 4.78 is 42.7. The Bertz CT molecular complexity index is 1840. The van der Waals surface area contributed by atoms with E-state index in [0.29, 0.717) is 38.4 Å². The van der Waals surface area contributed by atoms with Gasteiger partial charge in [0.05, 0.1) is 29.7 Å². The van der Waals surface area contributed by atoms with Crippen molar-refractivity contribution in [3.05, 3.63) is 70.3 Å². The lowest BCUT2D eigenvalue weighted by Gasteiger charge is -2.51. The summed E-state index contributed by atoms with van der Waals surface area (Å²) >= 11 is 6.48. The molecule has 2 bridgehead atoms. The van der Waals surface area contributed by atoms with Crippen molar-refractivity contribution in [2.45, 2.75) is 75.1 Å². The van der Waals surface area contributed by atoms with Crippen LogP contribution in [0.2, 0.25) is 5.02 Å². The van der Waals surface area contributed by atoms with Crippen molar-refractivity contribution in [2.75, 3.05) is 64.9 Å². The lowest BCUT2D eigenvalue weighted by atomic mass is 9.63. The zero-order chi connectivity index (χ0) is 36.8. The van der Waals surface area contributed by atoms with Crippen LogP contribution in [0.1, 0.15) is 73.9 Å². The van der Waals surface area contributed by atoms with Crippen molar-refractivity contribution in [3.8, 4) is 5.75 Å². The van der Waals surface area contributed by atoms with Gasteiger partial charge in [-0.2, -0.15) is 0 Å². The lowest BCUT2D eigenvalue weighted by molar-refractivity contribution is -0.135. The van der Waals surface area contributed by atoms with Gasteiger partial charge in [-0.15, -0.1) is 0 Å². The quantitative estimate of drug-likeness (QED) is 0.412. The lowest BCUT2D eigenvalue weighted by Crippen LogP contribution is -2.55. The van der Waals surface area contributed by atoms with Crippen LogP contribution in [-0.4, -0.2) is 101 Å². The monoisotopic (exact) mass is 752 g/mol. The second-order valence-electron chi connectivity index (χ2n) is 16.0. The number of piperazine rings is 1. The first-order chi connectivity index (χ1) is 24.8. The van der Waals surface area contributed by atoms with Crippen molar-refractivity contribution in [3.63, 3.8) is 0 Å². The fourth-order valence-electron chi connectivity index (χ4n) is 9.27. The third kappa shape index (κ3) is 7.10. The molecule has 3 heterocycles. The molecule has 1 N–H and O–H groups in total. The SMILES string of the molecule is CO[C@]1(CCN2CCN(C)C(=O)C2)/C=C/C[C@H](C)[C@@H](C)S(=O)(=O)NC(=O)c2ccc3c(c2)N(C[C@@H]2CC[C@H]21)C[C@@]1(CCCc2cc(Cl)ccc21)CO3. The van der Waals surface area contributed by atoms with Crippen LogP contribution in [0.4, 0.5) is 5.69 Å². The van der Waals surface area contributed by atoms with Gasteiger partial charge in [0, 0.05) is 62.9 Å². The molecular weight excluding hydrogens is 700 g/mol. The fourth-order valence-corrected chi connectivity index (χ4v) is 10.8. The first-order valence-corrected chi connectivity index (χ1v) is 20.8.